The van der Waals surface area contributed by atoms with Gasteiger partial charge in [0.25, 0.3) is 0 Å². The molecule has 3 N–H and O–H groups in total. The number of hydrogen-bond donors (Lipinski definition) is 3. The van der Waals surface area contributed by atoms with Gasteiger partial charge in [0.15, 0.2) is 0 Å². The third kappa shape index (κ3) is 4.85. The lowest BCUT2D eigenvalue weighted by Gasteiger charge is -2.17. The summed E-state index contributed by atoms with van der Waals surface area (Å²) in [6, 6.07) is 9.09. The number of carbonyl (C=O) groups is 1. The minimum Gasteiger partial charge on any atom is -0.396 e. The van der Waals surface area contributed by atoms with Gasteiger partial charge in [-0.3, -0.25) is 4.79 Å². The van der Waals surface area contributed by atoms with Crippen molar-refractivity contribution in [2.75, 3.05) is 6.61 Å². The molecule has 2 atom stereocenters. The van der Waals surface area contributed by atoms with Gasteiger partial charge < -0.3 is 15.5 Å². The van der Waals surface area contributed by atoms with E-state index in [1.807, 2.05) is 25.1 Å². The maximum absolute atomic E-state index is 11.7. The van der Waals surface area contributed by atoms with Crippen LogP contribution in [0.15, 0.2) is 30.3 Å². The largest absolute Gasteiger partial charge is 0.396 e. The molecule has 2 unspecified atom stereocenters. The van der Waals surface area contributed by atoms with Crippen LogP contribution >= 0.6 is 0 Å². The Bertz CT molecular complexity index is 353. The SMILES string of the molecule is CCC(CCO)NC(=O)CC(O)c1ccccc1. The Morgan fingerprint density at radius 1 is 1.33 bits per heavy atom. The zero-order chi connectivity index (χ0) is 13.4. The van der Waals surface area contributed by atoms with Gasteiger partial charge in [-0.25, -0.2) is 0 Å². The van der Waals surface area contributed by atoms with Crippen LogP contribution in [0.1, 0.15) is 37.9 Å². The molecular weight excluding hydrogens is 230 g/mol. The first kappa shape index (κ1) is 14.7. The van der Waals surface area contributed by atoms with E-state index in [1.54, 1.807) is 12.1 Å². The maximum atomic E-state index is 11.7. The highest BCUT2D eigenvalue weighted by Crippen LogP contribution is 2.15. The molecule has 0 aliphatic rings. The van der Waals surface area contributed by atoms with Gasteiger partial charge in [0.05, 0.1) is 12.5 Å². The average molecular weight is 251 g/mol. The number of amides is 1. The fraction of sp³-hybridized carbons (Fsp3) is 0.500. The molecule has 1 rings (SSSR count). The minimum absolute atomic E-state index is 0.0227. The summed E-state index contributed by atoms with van der Waals surface area (Å²) in [5, 5.41) is 21.5. The highest BCUT2D eigenvalue weighted by atomic mass is 16.3. The molecule has 0 bridgehead atoms. The van der Waals surface area contributed by atoms with Crippen LogP contribution in [0, 0.1) is 0 Å². The van der Waals surface area contributed by atoms with Crippen molar-refractivity contribution in [1.29, 1.82) is 0 Å². The van der Waals surface area contributed by atoms with Crippen molar-refractivity contribution in [3.05, 3.63) is 35.9 Å². The molecule has 0 saturated carbocycles. The Labute approximate surface area is 108 Å². The smallest absolute Gasteiger partial charge is 0.223 e. The molecule has 0 aliphatic heterocycles. The lowest BCUT2D eigenvalue weighted by atomic mass is 10.1. The lowest BCUT2D eigenvalue weighted by Crippen LogP contribution is -2.35. The minimum atomic E-state index is -0.780. The van der Waals surface area contributed by atoms with Crippen molar-refractivity contribution in [2.45, 2.75) is 38.3 Å². The molecule has 0 fully saturated rings. The van der Waals surface area contributed by atoms with Crippen LogP contribution in [0.3, 0.4) is 0 Å². The van der Waals surface area contributed by atoms with Gasteiger partial charge in [-0.05, 0) is 18.4 Å². The monoisotopic (exact) mass is 251 g/mol. The second-order valence-electron chi connectivity index (χ2n) is 4.32. The Balaban J connectivity index is 2.44. The van der Waals surface area contributed by atoms with Crippen molar-refractivity contribution >= 4 is 5.91 Å². The normalized spacial score (nSPS) is 13.9. The lowest BCUT2D eigenvalue weighted by molar-refractivity contribution is -0.123. The second-order valence-corrected chi connectivity index (χ2v) is 4.32. The second kappa shape index (κ2) is 7.84. The fourth-order valence-corrected chi connectivity index (χ4v) is 1.79. The first-order chi connectivity index (χ1) is 8.67. The van der Waals surface area contributed by atoms with Crippen LogP contribution in [-0.2, 0) is 4.79 Å². The van der Waals surface area contributed by atoms with Crippen LogP contribution in [0.4, 0.5) is 0 Å². The molecule has 0 radical (unpaired) electrons. The number of nitrogens with one attached hydrogen (secondary N) is 1. The van der Waals surface area contributed by atoms with Crippen molar-refractivity contribution in [3.8, 4) is 0 Å². The van der Waals surface area contributed by atoms with E-state index in [9.17, 15) is 9.90 Å². The summed E-state index contributed by atoms with van der Waals surface area (Å²) < 4.78 is 0. The highest BCUT2D eigenvalue weighted by molar-refractivity contribution is 5.76. The molecule has 1 aromatic carbocycles. The number of benzene rings is 1. The van der Waals surface area contributed by atoms with E-state index in [-0.39, 0.29) is 25.0 Å². The van der Waals surface area contributed by atoms with Crippen molar-refractivity contribution in [1.82, 2.24) is 5.32 Å². The third-order valence-electron chi connectivity index (χ3n) is 2.90. The molecule has 0 aliphatic carbocycles. The van der Waals surface area contributed by atoms with Gasteiger partial charge in [-0.15, -0.1) is 0 Å². The van der Waals surface area contributed by atoms with Gasteiger partial charge in [-0.1, -0.05) is 37.3 Å². The van der Waals surface area contributed by atoms with Crippen molar-refractivity contribution in [2.24, 2.45) is 0 Å². The molecule has 100 valence electrons. The zero-order valence-corrected chi connectivity index (χ0v) is 10.7. The van der Waals surface area contributed by atoms with Gasteiger partial charge in [0.2, 0.25) is 5.91 Å². The van der Waals surface area contributed by atoms with Gasteiger partial charge in [0.1, 0.15) is 0 Å². The molecule has 1 amide bonds. The van der Waals surface area contributed by atoms with Gasteiger partial charge in [0, 0.05) is 12.6 Å². The Kier molecular flexibility index (Phi) is 6.39. The van der Waals surface area contributed by atoms with Gasteiger partial charge >= 0.3 is 0 Å². The Morgan fingerprint density at radius 2 is 2.00 bits per heavy atom. The van der Waals surface area contributed by atoms with E-state index in [2.05, 4.69) is 5.32 Å². The number of carbonyl (C=O) groups excluding carboxylic acids is 1. The van der Waals surface area contributed by atoms with Crippen LogP contribution in [0.2, 0.25) is 0 Å². The summed E-state index contributed by atoms with van der Waals surface area (Å²) in [4.78, 5) is 11.7. The summed E-state index contributed by atoms with van der Waals surface area (Å²) in [7, 11) is 0. The molecule has 0 spiro atoms. The molecular formula is C14H21NO3. The quantitative estimate of drug-likeness (QED) is 0.686. The summed E-state index contributed by atoms with van der Waals surface area (Å²) in [5.41, 5.74) is 0.739. The Hall–Kier alpha value is -1.39. The van der Waals surface area contributed by atoms with Crippen LogP contribution in [0.25, 0.3) is 0 Å². The molecule has 1 aromatic rings. The molecule has 0 aromatic heterocycles. The van der Waals surface area contributed by atoms with E-state index < -0.39 is 6.10 Å². The summed E-state index contributed by atoms with van der Waals surface area (Å²) in [6.07, 6.45) is 0.585. The fourth-order valence-electron chi connectivity index (χ4n) is 1.79. The number of aliphatic hydroxyl groups is 2. The van der Waals surface area contributed by atoms with Crippen LogP contribution < -0.4 is 5.32 Å². The number of rotatable bonds is 7. The predicted molar refractivity (Wildman–Crippen MR) is 69.9 cm³/mol. The van der Waals surface area contributed by atoms with Crippen LogP contribution in [0.5, 0.6) is 0 Å². The van der Waals surface area contributed by atoms with E-state index in [0.717, 1.165) is 12.0 Å². The van der Waals surface area contributed by atoms with Crippen LogP contribution in [-0.4, -0.2) is 28.8 Å². The van der Waals surface area contributed by atoms with E-state index in [1.165, 1.54) is 0 Å². The summed E-state index contributed by atoms with van der Waals surface area (Å²) in [5.74, 6) is -0.188. The third-order valence-corrected chi connectivity index (χ3v) is 2.90. The number of hydrogen-bond acceptors (Lipinski definition) is 3. The first-order valence-corrected chi connectivity index (χ1v) is 6.30. The van der Waals surface area contributed by atoms with E-state index in [4.69, 9.17) is 5.11 Å². The number of aliphatic hydroxyl groups excluding tert-OH is 2. The molecule has 0 saturated heterocycles. The van der Waals surface area contributed by atoms with Gasteiger partial charge in [-0.2, -0.15) is 0 Å². The zero-order valence-electron chi connectivity index (χ0n) is 10.7. The first-order valence-electron chi connectivity index (χ1n) is 6.30. The Morgan fingerprint density at radius 3 is 2.56 bits per heavy atom. The van der Waals surface area contributed by atoms with Crippen molar-refractivity contribution < 1.29 is 15.0 Å². The highest BCUT2D eigenvalue weighted by Gasteiger charge is 2.15. The molecule has 18 heavy (non-hydrogen) atoms. The molecule has 0 heterocycles. The van der Waals surface area contributed by atoms with Crippen molar-refractivity contribution in [3.63, 3.8) is 0 Å². The summed E-state index contributed by atoms with van der Waals surface area (Å²) >= 11 is 0. The molecule has 4 heteroatoms. The standard InChI is InChI=1S/C14H21NO3/c1-2-12(8-9-16)15-14(18)10-13(17)11-6-4-3-5-7-11/h3-7,12-13,16-17H,2,8-10H2,1H3,(H,15,18). The topological polar surface area (TPSA) is 69.6 Å². The van der Waals surface area contributed by atoms with E-state index >= 15 is 0 Å². The molecule has 4 nitrogen and oxygen atoms in total. The average Bonchev–Trinajstić information content (AvgIpc) is 2.39. The maximum Gasteiger partial charge on any atom is 0.223 e. The predicted octanol–water partition coefficient (Wildman–Crippen LogP) is 1.39. The summed E-state index contributed by atoms with van der Waals surface area (Å²) in [6.45, 7) is 2.01. The van der Waals surface area contributed by atoms with E-state index in [0.29, 0.717) is 6.42 Å².